The van der Waals surface area contributed by atoms with Gasteiger partial charge in [-0.15, -0.1) is 0 Å². The number of benzene rings is 1. The first kappa shape index (κ1) is 14.9. The van der Waals surface area contributed by atoms with Crippen molar-refractivity contribution < 1.29 is 29.6 Å². The van der Waals surface area contributed by atoms with Crippen LogP contribution in [-0.4, -0.2) is 59.2 Å². The van der Waals surface area contributed by atoms with Crippen LogP contribution in [0.4, 0.5) is 0 Å². The zero-order valence-electron chi connectivity index (χ0n) is 11.1. The largest absolute Gasteiger partial charge is 0.497 e. The lowest BCUT2D eigenvalue weighted by molar-refractivity contribution is -0.185. The number of aliphatic hydroxyl groups excluding tert-OH is 3. The van der Waals surface area contributed by atoms with E-state index in [-0.39, 0.29) is 18.8 Å². The van der Waals surface area contributed by atoms with E-state index >= 15 is 0 Å². The Bertz CT molecular complexity index is 457. The van der Waals surface area contributed by atoms with E-state index in [4.69, 9.17) is 9.47 Å². The van der Waals surface area contributed by atoms with Gasteiger partial charge in [-0.05, 0) is 24.3 Å². The predicted molar refractivity (Wildman–Crippen MR) is 69.7 cm³/mol. The van der Waals surface area contributed by atoms with Gasteiger partial charge in [-0.2, -0.15) is 0 Å². The van der Waals surface area contributed by atoms with E-state index in [0.29, 0.717) is 11.3 Å². The summed E-state index contributed by atoms with van der Waals surface area (Å²) in [6.07, 6.45) is -4.57. The highest BCUT2D eigenvalue weighted by Crippen LogP contribution is 2.21. The van der Waals surface area contributed by atoms with Crippen LogP contribution in [0.3, 0.4) is 0 Å². The van der Waals surface area contributed by atoms with Crippen molar-refractivity contribution in [2.45, 2.75) is 30.8 Å². The Morgan fingerprint density at radius 1 is 1.25 bits per heavy atom. The van der Waals surface area contributed by atoms with Crippen LogP contribution in [0, 0.1) is 0 Å². The van der Waals surface area contributed by atoms with Gasteiger partial charge in [0.2, 0.25) is 0 Å². The minimum absolute atomic E-state index is 0.0583. The Morgan fingerprint density at radius 3 is 2.50 bits per heavy atom. The van der Waals surface area contributed by atoms with Crippen LogP contribution in [0.15, 0.2) is 24.3 Å². The van der Waals surface area contributed by atoms with E-state index in [9.17, 15) is 20.1 Å². The molecule has 1 fully saturated rings. The van der Waals surface area contributed by atoms with Gasteiger partial charge in [0, 0.05) is 12.0 Å². The molecule has 0 saturated carbocycles. The molecule has 4 atom stereocenters. The highest BCUT2D eigenvalue weighted by molar-refractivity contribution is 5.96. The summed E-state index contributed by atoms with van der Waals surface area (Å²) in [7, 11) is 1.54. The van der Waals surface area contributed by atoms with Crippen molar-refractivity contribution in [2.75, 3.05) is 13.7 Å². The molecule has 3 N–H and O–H groups in total. The van der Waals surface area contributed by atoms with Crippen molar-refractivity contribution in [1.82, 2.24) is 0 Å². The molecule has 0 aromatic heterocycles. The second-order valence-corrected chi connectivity index (χ2v) is 4.78. The SMILES string of the molecule is COc1ccc(C(=O)C[C@H]2OC[C@@H](O)[C@H](O)[C@@H]2O)cc1. The first-order chi connectivity index (χ1) is 9.52. The summed E-state index contributed by atoms with van der Waals surface area (Å²) in [6, 6.07) is 6.59. The standard InChI is InChI=1S/C14H18O6/c1-19-9-4-2-8(3-5-9)10(15)6-12-14(18)13(17)11(16)7-20-12/h2-5,11-14,16-18H,6-7H2,1H3/t11-,12-,13+,14-/m1/s1. The quantitative estimate of drug-likeness (QED) is 0.659. The minimum Gasteiger partial charge on any atom is -0.497 e. The van der Waals surface area contributed by atoms with Gasteiger partial charge in [-0.25, -0.2) is 0 Å². The average molecular weight is 282 g/mol. The van der Waals surface area contributed by atoms with Crippen LogP contribution >= 0.6 is 0 Å². The predicted octanol–water partition coefficient (Wildman–Crippen LogP) is -0.251. The number of hydrogen-bond donors (Lipinski definition) is 3. The molecule has 0 aliphatic carbocycles. The first-order valence-corrected chi connectivity index (χ1v) is 6.36. The molecule has 0 unspecified atom stereocenters. The van der Waals surface area contributed by atoms with E-state index < -0.39 is 24.4 Å². The molecule has 2 rings (SSSR count). The lowest BCUT2D eigenvalue weighted by atomic mass is 9.94. The Kier molecular flexibility index (Phi) is 4.72. The lowest BCUT2D eigenvalue weighted by Crippen LogP contribution is -2.53. The fourth-order valence-electron chi connectivity index (χ4n) is 2.12. The fourth-order valence-corrected chi connectivity index (χ4v) is 2.12. The Hall–Kier alpha value is -1.47. The Labute approximate surface area is 116 Å². The van der Waals surface area contributed by atoms with Gasteiger partial charge in [-0.3, -0.25) is 4.79 Å². The third kappa shape index (κ3) is 3.16. The number of ketones is 1. The second-order valence-electron chi connectivity index (χ2n) is 4.78. The highest BCUT2D eigenvalue weighted by Gasteiger charge is 2.38. The van der Waals surface area contributed by atoms with Crippen LogP contribution in [0.5, 0.6) is 5.75 Å². The third-order valence-electron chi connectivity index (χ3n) is 3.40. The number of carbonyl (C=O) groups is 1. The molecule has 20 heavy (non-hydrogen) atoms. The molecule has 0 spiro atoms. The number of ether oxygens (including phenoxy) is 2. The van der Waals surface area contributed by atoms with Crippen LogP contribution in [0.1, 0.15) is 16.8 Å². The Balaban J connectivity index is 2.00. The molecule has 1 aliphatic rings. The summed E-state index contributed by atoms with van der Waals surface area (Å²) >= 11 is 0. The monoisotopic (exact) mass is 282 g/mol. The lowest BCUT2D eigenvalue weighted by Gasteiger charge is -2.34. The zero-order valence-corrected chi connectivity index (χ0v) is 11.1. The molecule has 1 heterocycles. The number of hydrogen-bond acceptors (Lipinski definition) is 6. The van der Waals surface area contributed by atoms with E-state index in [1.165, 1.54) is 7.11 Å². The number of methoxy groups -OCH3 is 1. The van der Waals surface area contributed by atoms with E-state index in [1.54, 1.807) is 24.3 Å². The summed E-state index contributed by atoms with van der Waals surface area (Å²) in [5.74, 6) is 0.439. The van der Waals surface area contributed by atoms with Gasteiger partial charge in [-0.1, -0.05) is 0 Å². The Morgan fingerprint density at radius 2 is 1.90 bits per heavy atom. The second kappa shape index (κ2) is 6.32. The van der Waals surface area contributed by atoms with Crippen LogP contribution in [0.25, 0.3) is 0 Å². The van der Waals surface area contributed by atoms with Crippen LogP contribution in [0.2, 0.25) is 0 Å². The molecule has 6 nitrogen and oxygen atoms in total. The van der Waals surface area contributed by atoms with E-state index in [2.05, 4.69) is 0 Å². The molecule has 1 aromatic rings. The van der Waals surface area contributed by atoms with Gasteiger partial charge in [0.25, 0.3) is 0 Å². The van der Waals surface area contributed by atoms with Gasteiger partial charge in [0.05, 0.1) is 19.8 Å². The molecular weight excluding hydrogens is 264 g/mol. The summed E-state index contributed by atoms with van der Waals surface area (Å²) in [5, 5.41) is 28.7. The molecule has 1 aliphatic heterocycles. The topological polar surface area (TPSA) is 96.2 Å². The molecule has 6 heteroatoms. The first-order valence-electron chi connectivity index (χ1n) is 6.36. The molecule has 1 aromatic carbocycles. The average Bonchev–Trinajstić information content (AvgIpc) is 2.48. The zero-order chi connectivity index (χ0) is 14.7. The van der Waals surface area contributed by atoms with Crippen molar-refractivity contribution >= 4 is 5.78 Å². The maximum absolute atomic E-state index is 12.1. The van der Waals surface area contributed by atoms with Gasteiger partial charge in [0.15, 0.2) is 5.78 Å². The molecule has 0 bridgehead atoms. The van der Waals surface area contributed by atoms with Crippen molar-refractivity contribution in [3.8, 4) is 5.75 Å². The van der Waals surface area contributed by atoms with E-state index in [1.807, 2.05) is 0 Å². The van der Waals surface area contributed by atoms with Crippen LogP contribution in [-0.2, 0) is 4.74 Å². The number of aliphatic hydroxyl groups is 3. The summed E-state index contributed by atoms with van der Waals surface area (Å²) in [5.41, 5.74) is 0.474. The number of rotatable bonds is 4. The van der Waals surface area contributed by atoms with Crippen molar-refractivity contribution in [3.05, 3.63) is 29.8 Å². The highest BCUT2D eigenvalue weighted by atomic mass is 16.5. The van der Waals surface area contributed by atoms with E-state index in [0.717, 1.165) is 0 Å². The smallest absolute Gasteiger partial charge is 0.165 e. The maximum Gasteiger partial charge on any atom is 0.165 e. The van der Waals surface area contributed by atoms with Gasteiger partial charge in [0.1, 0.15) is 24.1 Å². The van der Waals surface area contributed by atoms with Crippen LogP contribution < -0.4 is 4.74 Å². The van der Waals surface area contributed by atoms with Crippen molar-refractivity contribution in [3.63, 3.8) is 0 Å². The fraction of sp³-hybridized carbons (Fsp3) is 0.500. The number of Topliss-reactive ketones (excluding diaryl/α,β-unsaturated/α-hetero) is 1. The molecule has 1 saturated heterocycles. The minimum atomic E-state index is -1.29. The molecule has 0 radical (unpaired) electrons. The van der Waals surface area contributed by atoms with Gasteiger partial charge >= 0.3 is 0 Å². The maximum atomic E-state index is 12.1. The summed E-state index contributed by atoms with van der Waals surface area (Å²) in [4.78, 5) is 12.1. The molecule has 110 valence electrons. The van der Waals surface area contributed by atoms with Gasteiger partial charge < -0.3 is 24.8 Å². The summed E-state index contributed by atoms with van der Waals surface area (Å²) < 4.78 is 10.2. The molecular formula is C14H18O6. The summed E-state index contributed by atoms with van der Waals surface area (Å²) in [6.45, 7) is -0.0984. The van der Waals surface area contributed by atoms with Crippen molar-refractivity contribution in [2.24, 2.45) is 0 Å². The third-order valence-corrected chi connectivity index (χ3v) is 3.40. The normalized spacial score (nSPS) is 30.0. The number of carbonyl (C=O) groups excluding carboxylic acids is 1. The van der Waals surface area contributed by atoms with Crippen molar-refractivity contribution in [1.29, 1.82) is 0 Å². The molecule has 0 amide bonds.